The number of rotatable bonds is 1. The number of aliphatic hydroxyl groups excluding tert-OH is 1. The fourth-order valence-corrected chi connectivity index (χ4v) is 4.09. The average molecular weight is 361 g/mol. The van der Waals surface area contributed by atoms with E-state index in [2.05, 4.69) is 15.0 Å². The number of ether oxygens (including phenoxy) is 1. The van der Waals surface area contributed by atoms with E-state index in [-0.39, 0.29) is 23.7 Å². The molecule has 13 heteroatoms. The van der Waals surface area contributed by atoms with Crippen LogP contribution in [-0.2, 0) is 25.6 Å². The summed E-state index contributed by atoms with van der Waals surface area (Å²) in [5.41, 5.74) is 5.29. The number of fused-ring (bicyclic) bond motifs is 3. The molecule has 11 nitrogen and oxygen atoms in total. The summed E-state index contributed by atoms with van der Waals surface area (Å²) in [4.78, 5) is 32.1. The number of hydrogen-bond acceptors (Lipinski definition) is 9. The Morgan fingerprint density at radius 2 is 2.35 bits per heavy atom. The zero-order chi connectivity index (χ0) is 16.4. The molecule has 124 valence electrons. The lowest BCUT2D eigenvalue weighted by atomic mass is 10.1. The van der Waals surface area contributed by atoms with E-state index in [0.29, 0.717) is 0 Å². The van der Waals surface area contributed by atoms with Crippen molar-refractivity contribution in [3.8, 4) is 0 Å². The third-order valence-electron chi connectivity index (χ3n) is 3.69. The number of aromatic nitrogens is 4. The number of nitrogens with two attached hydrogens (primary N) is 1. The molecule has 2 aromatic heterocycles. The molecule has 2 fully saturated rings. The quantitative estimate of drug-likeness (QED) is 0.445. The molecule has 0 spiro atoms. The number of nitrogen functional groups attached to an aromatic ring is 1. The fourth-order valence-electron chi connectivity index (χ4n) is 2.67. The number of aromatic amines is 1. The Morgan fingerprint density at radius 1 is 1.57 bits per heavy atom. The molecule has 2 bridgehead atoms. The Bertz CT molecular complexity index is 884. The van der Waals surface area contributed by atoms with Crippen molar-refractivity contribution in [1.29, 1.82) is 0 Å². The summed E-state index contributed by atoms with van der Waals surface area (Å²) >= 11 is 4.86. The van der Waals surface area contributed by atoms with Gasteiger partial charge in [-0.15, -0.1) is 0 Å². The van der Waals surface area contributed by atoms with E-state index in [4.69, 9.17) is 31.3 Å². The molecule has 0 aromatic carbocycles. The molecule has 2 saturated heterocycles. The van der Waals surface area contributed by atoms with Crippen molar-refractivity contribution in [2.75, 3.05) is 12.3 Å². The predicted molar refractivity (Wildman–Crippen MR) is 79.8 cm³/mol. The highest BCUT2D eigenvalue weighted by atomic mass is 32.5. The number of imidazole rings is 1. The van der Waals surface area contributed by atoms with E-state index in [0.717, 1.165) is 0 Å². The van der Waals surface area contributed by atoms with Gasteiger partial charge in [0.1, 0.15) is 18.3 Å². The van der Waals surface area contributed by atoms with Crippen LogP contribution in [0.1, 0.15) is 6.23 Å². The molecule has 5 atom stereocenters. The molecular formula is C10H12N5O6PS. The molecule has 0 saturated carbocycles. The number of nitrogens with zero attached hydrogens (tertiary/aromatic N) is 3. The Kier molecular flexibility index (Phi) is 3.32. The van der Waals surface area contributed by atoms with Crippen LogP contribution >= 0.6 is 6.72 Å². The molecule has 23 heavy (non-hydrogen) atoms. The van der Waals surface area contributed by atoms with Crippen molar-refractivity contribution in [2.45, 2.75) is 24.5 Å². The maximum Gasteiger partial charge on any atom is 0.325 e. The molecule has 2 aliphatic heterocycles. The van der Waals surface area contributed by atoms with Gasteiger partial charge in [-0.25, -0.2) is 4.98 Å². The molecule has 4 rings (SSSR count). The molecule has 0 amide bonds. The van der Waals surface area contributed by atoms with Crippen LogP contribution in [0.25, 0.3) is 11.2 Å². The standard InChI is InChI=1S/C10H12N5O6PS/c11-10-13-7-4(8(17)14-10)12-2-15(7)9-6-5(16)3(20-9)1-19-22(18,23)21-6/h2-3,5-6,9,16H,1H2,(H,18,23)(H3,11,13,14,17)/t3-,5-,6-,9-,22?/m1/s1. The van der Waals surface area contributed by atoms with Gasteiger partial charge in [0, 0.05) is 0 Å². The van der Waals surface area contributed by atoms with E-state index in [1.54, 1.807) is 0 Å². The number of nitrogens with one attached hydrogen (secondary N) is 1. The predicted octanol–water partition coefficient (Wildman–Crippen LogP) is -1.41. The van der Waals surface area contributed by atoms with E-state index in [1.165, 1.54) is 10.9 Å². The van der Waals surface area contributed by atoms with Crippen molar-refractivity contribution in [2.24, 2.45) is 0 Å². The molecule has 0 aliphatic carbocycles. The average Bonchev–Trinajstić information content (AvgIpc) is 2.96. The third kappa shape index (κ3) is 2.39. The minimum atomic E-state index is -3.48. The molecule has 4 heterocycles. The Balaban J connectivity index is 1.82. The Morgan fingerprint density at radius 3 is 3.13 bits per heavy atom. The zero-order valence-electron chi connectivity index (χ0n) is 11.4. The van der Waals surface area contributed by atoms with Gasteiger partial charge in [0.25, 0.3) is 5.56 Å². The second-order valence-corrected chi connectivity index (χ2v) is 7.96. The topological polar surface area (TPSA) is 158 Å². The van der Waals surface area contributed by atoms with E-state index in [1.807, 2.05) is 0 Å². The highest BCUT2D eigenvalue weighted by Crippen LogP contribution is 2.52. The minimum absolute atomic E-state index is 0.0660. The Labute approximate surface area is 133 Å². The van der Waals surface area contributed by atoms with E-state index < -0.39 is 36.8 Å². The monoisotopic (exact) mass is 361 g/mol. The van der Waals surface area contributed by atoms with Gasteiger partial charge in [-0.05, 0) is 11.8 Å². The maximum absolute atomic E-state index is 11.8. The van der Waals surface area contributed by atoms with Gasteiger partial charge >= 0.3 is 6.72 Å². The maximum atomic E-state index is 11.8. The first kappa shape index (κ1) is 15.1. The van der Waals surface area contributed by atoms with Crippen LogP contribution in [0.3, 0.4) is 0 Å². The van der Waals surface area contributed by atoms with Gasteiger partial charge in [0.05, 0.1) is 12.9 Å². The van der Waals surface area contributed by atoms with Gasteiger partial charge in [-0.3, -0.25) is 18.9 Å². The van der Waals surface area contributed by atoms with E-state index in [9.17, 15) is 14.8 Å². The lowest BCUT2D eigenvalue weighted by Crippen LogP contribution is -2.32. The normalized spacial score (nSPS) is 37.1. The SMILES string of the molecule is Nc1nc2c(ncn2[C@@H]2O[C@@H]3COP(O)(=S)O[C@@H]2[C@@H]3O)c(=O)[nH]1. The van der Waals surface area contributed by atoms with Gasteiger partial charge in [0.15, 0.2) is 17.4 Å². The fraction of sp³-hybridized carbons (Fsp3) is 0.500. The zero-order valence-corrected chi connectivity index (χ0v) is 13.1. The lowest BCUT2D eigenvalue weighted by molar-refractivity contribution is -0.0615. The van der Waals surface area contributed by atoms with Crippen LogP contribution in [0, 0.1) is 0 Å². The molecule has 2 aliphatic rings. The first-order valence-corrected chi connectivity index (χ1v) is 9.16. The van der Waals surface area contributed by atoms with Gasteiger partial charge in [-0.1, -0.05) is 0 Å². The lowest BCUT2D eigenvalue weighted by Gasteiger charge is -2.25. The van der Waals surface area contributed by atoms with Crippen LogP contribution in [0.15, 0.2) is 11.1 Å². The van der Waals surface area contributed by atoms with Crippen molar-refractivity contribution >= 4 is 35.6 Å². The van der Waals surface area contributed by atoms with Crippen molar-refractivity contribution < 1.29 is 23.8 Å². The smallest absolute Gasteiger partial charge is 0.325 e. The van der Waals surface area contributed by atoms with Crippen LogP contribution in [-0.4, -0.2) is 54.4 Å². The van der Waals surface area contributed by atoms with Gasteiger partial charge in [0.2, 0.25) is 5.95 Å². The summed E-state index contributed by atoms with van der Waals surface area (Å²) in [6, 6.07) is 0. The third-order valence-corrected chi connectivity index (χ3v) is 5.25. The molecule has 1 unspecified atom stereocenters. The summed E-state index contributed by atoms with van der Waals surface area (Å²) in [5.74, 6) is -0.0838. The highest BCUT2D eigenvalue weighted by molar-refractivity contribution is 8.07. The summed E-state index contributed by atoms with van der Waals surface area (Å²) < 4.78 is 17.5. The summed E-state index contributed by atoms with van der Waals surface area (Å²) in [6.07, 6.45) is -2.34. The van der Waals surface area contributed by atoms with Gasteiger partial charge in [-0.2, -0.15) is 4.98 Å². The number of H-pyrrole nitrogens is 1. The summed E-state index contributed by atoms with van der Waals surface area (Å²) in [7, 11) is 0. The van der Waals surface area contributed by atoms with E-state index >= 15 is 0 Å². The van der Waals surface area contributed by atoms with Crippen LogP contribution in [0.2, 0.25) is 0 Å². The summed E-state index contributed by atoms with van der Waals surface area (Å²) in [6.45, 7) is -3.59. The summed E-state index contributed by atoms with van der Waals surface area (Å²) in [5, 5.41) is 10.3. The molecule has 5 N–H and O–H groups in total. The van der Waals surface area contributed by atoms with Crippen molar-refractivity contribution in [1.82, 2.24) is 19.5 Å². The second-order valence-electron chi connectivity index (χ2n) is 5.17. The number of anilines is 1. The number of aliphatic hydroxyl groups is 1. The molecule has 0 radical (unpaired) electrons. The number of hydrogen-bond donors (Lipinski definition) is 4. The second kappa shape index (κ2) is 5.05. The van der Waals surface area contributed by atoms with Crippen LogP contribution < -0.4 is 11.3 Å². The van der Waals surface area contributed by atoms with Crippen molar-refractivity contribution in [3.05, 3.63) is 16.7 Å². The molecular weight excluding hydrogens is 349 g/mol. The first-order valence-electron chi connectivity index (χ1n) is 6.57. The van der Waals surface area contributed by atoms with Crippen LogP contribution in [0.5, 0.6) is 0 Å². The molecule has 2 aromatic rings. The van der Waals surface area contributed by atoms with Crippen molar-refractivity contribution in [3.63, 3.8) is 0 Å². The minimum Gasteiger partial charge on any atom is -0.387 e. The van der Waals surface area contributed by atoms with Crippen LogP contribution in [0.4, 0.5) is 5.95 Å². The largest absolute Gasteiger partial charge is 0.387 e. The van der Waals surface area contributed by atoms with Gasteiger partial charge < -0.3 is 25.0 Å². The Hall–Kier alpha value is -1.40. The highest BCUT2D eigenvalue weighted by Gasteiger charge is 2.51. The first-order chi connectivity index (χ1) is 10.9.